The molecule has 4 rings (SSSR count). The highest BCUT2D eigenvalue weighted by Gasteiger charge is 2.71. The molecule has 1 saturated heterocycles. The van der Waals surface area contributed by atoms with Gasteiger partial charge < -0.3 is 9.64 Å². The van der Waals surface area contributed by atoms with Crippen molar-refractivity contribution in [1.29, 1.82) is 0 Å². The Morgan fingerprint density at radius 1 is 1.27 bits per heavy atom. The predicted molar refractivity (Wildman–Crippen MR) is 90.5 cm³/mol. The molecular weight excluding hydrogens is 342 g/mol. The molecule has 2 aliphatic rings. The lowest BCUT2D eigenvalue weighted by atomic mass is 10.2. The van der Waals surface area contributed by atoms with E-state index in [1.165, 1.54) is 7.11 Å². The average Bonchev–Trinajstić information content (AvgIpc) is 3.00. The summed E-state index contributed by atoms with van der Waals surface area (Å²) in [6.45, 7) is 4.85. The standard InChI is InChI=1S/C18H20F2N4O2/c1-10-12(6-24-7-13(11(2)22-24)17(25)26-3)4-5-16(21-10)23-8-14-15(9-23)18(14,19)20/h4-5,7,14-15H,6,8-9H2,1-3H3. The van der Waals surface area contributed by atoms with Gasteiger partial charge in [0.05, 0.1) is 31.2 Å². The number of alkyl halides is 2. The summed E-state index contributed by atoms with van der Waals surface area (Å²) in [5.41, 5.74) is 2.83. The van der Waals surface area contributed by atoms with Crippen LogP contribution in [0.25, 0.3) is 0 Å². The zero-order valence-electron chi connectivity index (χ0n) is 14.9. The number of hydrogen-bond donors (Lipinski definition) is 0. The molecule has 2 atom stereocenters. The Hall–Kier alpha value is -2.51. The van der Waals surface area contributed by atoms with Crippen molar-refractivity contribution in [1.82, 2.24) is 14.8 Å². The lowest BCUT2D eigenvalue weighted by molar-refractivity contribution is 0.0599. The van der Waals surface area contributed by atoms with E-state index in [9.17, 15) is 13.6 Å². The molecule has 2 aromatic rings. The summed E-state index contributed by atoms with van der Waals surface area (Å²) in [7, 11) is 1.34. The first-order valence-electron chi connectivity index (χ1n) is 8.53. The summed E-state index contributed by atoms with van der Waals surface area (Å²) in [5.74, 6) is -3.20. The Morgan fingerprint density at radius 3 is 2.58 bits per heavy atom. The highest BCUT2D eigenvalue weighted by atomic mass is 19.3. The molecule has 138 valence electrons. The van der Waals surface area contributed by atoms with Gasteiger partial charge in [0.25, 0.3) is 5.92 Å². The first-order valence-corrected chi connectivity index (χ1v) is 8.53. The number of methoxy groups -OCH3 is 1. The molecule has 2 aromatic heterocycles. The number of anilines is 1. The molecule has 6 nitrogen and oxygen atoms in total. The molecule has 1 aliphatic carbocycles. The molecule has 1 aliphatic heterocycles. The van der Waals surface area contributed by atoms with E-state index >= 15 is 0 Å². The molecule has 2 fully saturated rings. The van der Waals surface area contributed by atoms with E-state index in [0.29, 0.717) is 30.9 Å². The smallest absolute Gasteiger partial charge is 0.341 e. The van der Waals surface area contributed by atoms with Gasteiger partial charge in [-0.15, -0.1) is 0 Å². The lowest BCUT2D eigenvalue weighted by Gasteiger charge is -2.21. The normalized spacial score (nSPS) is 23.0. The Labute approximate surface area is 149 Å². The number of piperidine rings is 1. The van der Waals surface area contributed by atoms with Gasteiger partial charge >= 0.3 is 5.97 Å². The molecular formula is C18H20F2N4O2. The molecule has 0 amide bonds. The van der Waals surface area contributed by atoms with Crippen molar-refractivity contribution in [2.24, 2.45) is 11.8 Å². The van der Waals surface area contributed by atoms with Crippen LogP contribution in [0.5, 0.6) is 0 Å². The van der Waals surface area contributed by atoms with Gasteiger partial charge in [0.15, 0.2) is 0 Å². The van der Waals surface area contributed by atoms with E-state index in [0.717, 1.165) is 17.1 Å². The number of aromatic nitrogens is 3. The second-order valence-corrected chi connectivity index (χ2v) is 7.02. The molecule has 26 heavy (non-hydrogen) atoms. The molecule has 1 saturated carbocycles. The maximum Gasteiger partial charge on any atom is 0.341 e. The highest BCUT2D eigenvalue weighted by Crippen LogP contribution is 2.59. The summed E-state index contributed by atoms with van der Waals surface area (Å²) in [6.07, 6.45) is 1.66. The van der Waals surface area contributed by atoms with Crippen molar-refractivity contribution in [2.75, 3.05) is 25.1 Å². The maximum absolute atomic E-state index is 13.3. The Balaban J connectivity index is 1.48. The molecule has 0 aromatic carbocycles. The molecule has 0 radical (unpaired) electrons. The van der Waals surface area contributed by atoms with E-state index in [1.807, 2.05) is 24.0 Å². The number of pyridine rings is 1. The Morgan fingerprint density at radius 2 is 1.96 bits per heavy atom. The van der Waals surface area contributed by atoms with E-state index in [-0.39, 0.29) is 0 Å². The van der Waals surface area contributed by atoms with E-state index in [2.05, 4.69) is 10.1 Å². The average molecular weight is 362 g/mol. The number of rotatable bonds is 4. The molecule has 0 spiro atoms. The number of fused-ring (bicyclic) bond motifs is 1. The first kappa shape index (κ1) is 16.9. The van der Waals surface area contributed by atoms with Gasteiger partial charge in [-0.2, -0.15) is 5.10 Å². The minimum absolute atomic E-state index is 0.365. The van der Waals surface area contributed by atoms with Crippen LogP contribution in [0.4, 0.5) is 14.6 Å². The fourth-order valence-electron chi connectivity index (χ4n) is 3.70. The van der Waals surface area contributed by atoms with Gasteiger partial charge in [-0.25, -0.2) is 18.6 Å². The van der Waals surface area contributed by atoms with Gasteiger partial charge in [-0.1, -0.05) is 6.07 Å². The van der Waals surface area contributed by atoms with Crippen LogP contribution in [0.2, 0.25) is 0 Å². The van der Waals surface area contributed by atoms with Crippen molar-refractivity contribution < 1.29 is 18.3 Å². The summed E-state index contributed by atoms with van der Waals surface area (Å²) >= 11 is 0. The van der Waals surface area contributed by atoms with Gasteiger partial charge in [0.2, 0.25) is 0 Å². The third-order valence-electron chi connectivity index (χ3n) is 5.39. The fourth-order valence-corrected chi connectivity index (χ4v) is 3.70. The number of carbonyl (C=O) groups is 1. The second-order valence-electron chi connectivity index (χ2n) is 7.02. The summed E-state index contributed by atoms with van der Waals surface area (Å²) < 4.78 is 33.1. The Kier molecular flexibility index (Phi) is 3.75. The summed E-state index contributed by atoms with van der Waals surface area (Å²) in [5, 5.41) is 4.34. The van der Waals surface area contributed by atoms with Crippen LogP contribution in [0, 0.1) is 25.7 Å². The van der Waals surface area contributed by atoms with Crippen LogP contribution >= 0.6 is 0 Å². The quantitative estimate of drug-likeness (QED) is 0.782. The SMILES string of the molecule is COC(=O)c1cn(Cc2ccc(N3CC4C(C3)C4(F)F)nc2C)nc1C. The van der Waals surface area contributed by atoms with Crippen molar-refractivity contribution in [3.63, 3.8) is 0 Å². The van der Waals surface area contributed by atoms with Crippen LogP contribution < -0.4 is 4.90 Å². The lowest BCUT2D eigenvalue weighted by Crippen LogP contribution is -2.28. The van der Waals surface area contributed by atoms with Gasteiger partial charge in [0.1, 0.15) is 11.4 Å². The maximum atomic E-state index is 13.3. The number of aryl methyl sites for hydroxylation is 2. The van der Waals surface area contributed by atoms with Gasteiger partial charge in [0, 0.05) is 25.0 Å². The van der Waals surface area contributed by atoms with Crippen LogP contribution in [0.3, 0.4) is 0 Å². The van der Waals surface area contributed by atoms with Crippen LogP contribution in [-0.4, -0.2) is 46.9 Å². The van der Waals surface area contributed by atoms with E-state index in [1.54, 1.807) is 17.8 Å². The molecule has 3 heterocycles. The first-order chi connectivity index (χ1) is 12.3. The fraction of sp³-hybridized carbons (Fsp3) is 0.500. The number of hydrogen-bond acceptors (Lipinski definition) is 5. The van der Waals surface area contributed by atoms with Crippen molar-refractivity contribution >= 4 is 11.8 Å². The number of esters is 1. The van der Waals surface area contributed by atoms with Gasteiger partial charge in [-0.3, -0.25) is 4.68 Å². The number of carbonyl (C=O) groups excluding carboxylic acids is 1. The van der Waals surface area contributed by atoms with Crippen LogP contribution in [0.15, 0.2) is 18.3 Å². The van der Waals surface area contributed by atoms with E-state index < -0.39 is 23.7 Å². The highest BCUT2D eigenvalue weighted by molar-refractivity contribution is 5.90. The largest absolute Gasteiger partial charge is 0.465 e. The zero-order chi connectivity index (χ0) is 18.6. The van der Waals surface area contributed by atoms with E-state index in [4.69, 9.17) is 4.74 Å². The molecule has 0 N–H and O–H groups in total. The monoisotopic (exact) mass is 362 g/mol. The number of ether oxygens (including phenoxy) is 1. The summed E-state index contributed by atoms with van der Waals surface area (Å²) in [4.78, 5) is 18.2. The minimum atomic E-state index is -2.49. The van der Waals surface area contributed by atoms with Crippen LogP contribution in [0.1, 0.15) is 27.3 Å². The van der Waals surface area contributed by atoms with Crippen molar-refractivity contribution in [2.45, 2.75) is 26.3 Å². The third-order valence-corrected chi connectivity index (χ3v) is 5.39. The number of halogens is 2. The molecule has 8 heteroatoms. The predicted octanol–water partition coefficient (Wildman–Crippen LogP) is 2.43. The van der Waals surface area contributed by atoms with Gasteiger partial charge in [-0.05, 0) is 25.5 Å². The Bertz CT molecular complexity index is 866. The molecule has 0 bridgehead atoms. The molecule has 2 unspecified atom stereocenters. The topological polar surface area (TPSA) is 60.2 Å². The second kappa shape index (κ2) is 5.75. The van der Waals surface area contributed by atoms with Crippen molar-refractivity contribution in [3.8, 4) is 0 Å². The van der Waals surface area contributed by atoms with Crippen LogP contribution in [-0.2, 0) is 11.3 Å². The summed E-state index contributed by atoms with van der Waals surface area (Å²) in [6, 6.07) is 3.80. The number of nitrogens with zero attached hydrogens (tertiary/aromatic N) is 4. The van der Waals surface area contributed by atoms with Crippen molar-refractivity contribution in [3.05, 3.63) is 40.8 Å². The zero-order valence-corrected chi connectivity index (χ0v) is 14.9. The minimum Gasteiger partial charge on any atom is -0.465 e. The third kappa shape index (κ3) is 2.64.